The maximum atomic E-state index is 11.8. The van der Waals surface area contributed by atoms with Crippen LogP contribution in [0.3, 0.4) is 0 Å². The zero-order valence-corrected chi connectivity index (χ0v) is 10.7. The van der Waals surface area contributed by atoms with Crippen LogP contribution in [0.15, 0.2) is 34.0 Å². The van der Waals surface area contributed by atoms with E-state index in [1.165, 1.54) is 5.57 Å². The fourth-order valence-corrected chi connectivity index (χ4v) is 2.63. The van der Waals surface area contributed by atoms with Crippen molar-refractivity contribution in [1.29, 1.82) is 0 Å². The average Bonchev–Trinajstić information content (AvgIpc) is 2.83. The van der Waals surface area contributed by atoms with Gasteiger partial charge in [0.25, 0.3) is 0 Å². The van der Waals surface area contributed by atoms with Crippen LogP contribution in [-0.2, 0) is 16.0 Å². The molecule has 1 aliphatic heterocycles. The van der Waals surface area contributed by atoms with Crippen LogP contribution in [0.25, 0.3) is 0 Å². The summed E-state index contributed by atoms with van der Waals surface area (Å²) in [5.74, 6) is 0.734. The fourth-order valence-electron chi connectivity index (χ4n) is 2.63. The first-order valence-electron chi connectivity index (χ1n) is 6.29. The normalized spacial score (nSPS) is 25.9. The Labute approximate surface area is 106 Å². The second-order valence-electron chi connectivity index (χ2n) is 5.04. The molecule has 0 aromatic carbocycles. The van der Waals surface area contributed by atoms with E-state index < -0.39 is 0 Å². The molecule has 2 aliphatic rings. The number of carbonyl (C=O) groups is 1. The van der Waals surface area contributed by atoms with E-state index in [2.05, 4.69) is 13.0 Å². The van der Waals surface area contributed by atoms with Crippen LogP contribution in [0.1, 0.15) is 42.8 Å². The molecular formula is C15H16O3. The highest BCUT2D eigenvalue weighted by molar-refractivity contribution is 5.91. The zero-order valence-electron chi connectivity index (χ0n) is 10.7. The first kappa shape index (κ1) is 11.3. The van der Waals surface area contributed by atoms with Gasteiger partial charge in [0.2, 0.25) is 0 Å². The third-order valence-corrected chi connectivity index (χ3v) is 3.58. The third-order valence-electron chi connectivity index (χ3n) is 3.58. The van der Waals surface area contributed by atoms with Crippen LogP contribution >= 0.6 is 0 Å². The number of hydrogen-bond donors (Lipinski definition) is 0. The molecule has 94 valence electrons. The maximum absolute atomic E-state index is 11.8. The molecule has 0 radical (unpaired) electrons. The molecule has 2 heterocycles. The number of furan rings is 1. The molecule has 3 nitrogen and oxygen atoms in total. The van der Waals surface area contributed by atoms with E-state index in [-0.39, 0.29) is 12.1 Å². The second-order valence-corrected chi connectivity index (χ2v) is 5.04. The first-order chi connectivity index (χ1) is 8.65. The highest BCUT2D eigenvalue weighted by Crippen LogP contribution is 2.36. The van der Waals surface area contributed by atoms with E-state index in [9.17, 15) is 4.79 Å². The minimum atomic E-state index is -0.257. The summed E-state index contributed by atoms with van der Waals surface area (Å²) in [5, 5.41) is 0. The molecule has 0 fully saturated rings. The summed E-state index contributed by atoms with van der Waals surface area (Å²) in [5.41, 5.74) is 4.14. The minimum absolute atomic E-state index is 0.181. The minimum Gasteiger partial charge on any atom is -0.468 e. The Morgan fingerprint density at radius 1 is 1.33 bits per heavy atom. The van der Waals surface area contributed by atoms with Gasteiger partial charge in [0, 0.05) is 17.6 Å². The molecule has 3 rings (SSSR count). The van der Waals surface area contributed by atoms with Gasteiger partial charge in [-0.25, -0.2) is 4.79 Å². The molecule has 1 atom stereocenters. The summed E-state index contributed by atoms with van der Waals surface area (Å²) in [6.07, 6.45) is 8.04. The fraction of sp³-hybridized carbons (Fsp3) is 0.400. The zero-order chi connectivity index (χ0) is 12.7. The van der Waals surface area contributed by atoms with Crippen molar-refractivity contribution in [2.24, 2.45) is 0 Å². The first-order valence-corrected chi connectivity index (χ1v) is 6.29. The summed E-state index contributed by atoms with van der Waals surface area (Å²) in [6.45, 7) is 4.09. The van der Waals surface area contributed by atoms with Crippen molar-refractivity contribution in [3.8, 4) is 0 Å². The lowest BCUT2D eigenvalue weighted by Gasteiger charge is -2.10. The lowest BCUT2D eigenvalue weighted by Crippen LogP contribution is -2.04. The van der Waals surface area contributed by atoms with Crippen molar-refractivity contribution in [3.63, 3.8) is 0 Å². The smallest absolute Gasteiger partial charge is 0.334 e. The number of hydrogen-bond acceptors (Lipinski definition) is 3. The third kappa shape index (κ3) is 1.80. The Morgan fingerprint density at radius 3 is 3.00 bits per heavy atom. The van der Waals surface area contributed by atoms with Crippen molar-refractivity contribution in [1.82, 2.24) is 0 Å². The summed E-state index contributed by atoms with van der Waals surface area (Å²) in [7, 11) is 0. The van der Waals surface area contributed by atoms with Crippen LogP contribution < -0.4 is 0 Å². The Hall–Kier alpha value is -1.77. The molecule has 0 amide bonds. The summed E-state index contributed by atoms with van der Waals surface area (Å²) in [4.78, 5) is 11.8. The van der Waals surface area contributed by atoms with Gasteiger partial charge in [-0.3, -0.25) is 0 Å². The van der Waals surface area contributed by atoms with Crippen LogP contribution in [-0.4, -0.2) is 5.97 Å². The maximum Gasteiger partial charge on any atom is 0.334 e. The van der Waals surface area contributed by atoms with Crippen molar-refractivity contribution >= 4 is 5.97 Å². The molecule has 0 saturated heterocycles. The van der Waals surface area contributed by atoms with Crippen LogP contribution in [0, 0.1) is 6.92 Å². The molecule has 0 saturated carbocycles. The molecule has 0 spiro atoms. The van der Waals surface area contributed by atoms with E-state index >= 15 is 0 Å². The largest absolute Gasteiger partial charge is 0.468 e. The summed E-state index contributed by atoms with van der Waals surface area (Å²) >= 11 is 0. The van der Waals surface area contributed by atoms with Crippen LogP contribution in [0.4, 0.5) is 0 Å². The molecule has 0 N–H and O–H groups in total. The molecule has 1 aliphatic carbocycles. The molecule has 3 heteroatoms. The Bertz CT molecular complexity index is 560. The number of allylic oxidation sites excluding steroid dienone is 2. The van der Waals surface area contributed by atoms with Gasteiger partial charge in [0.05, 0.1) is 6.26 Å². The molecule has 1 aromatic rings. The Morgan fingerprint density at radius 2 is 2.17 bits per heavy atom. The number of fused-ring (bicyclic) bond motifs is 3. The van der Waals surface area contributed by atoms with Crippen molar-refractivity contribution in [3.05, 3.63) is 46.4 Å². The predicted octanol–water partition coefficient (Wildman–Crippen LogP) is 3.39. The predicted molar refractivity (Wildman–Crippen MR) is 67.1 cm³/mol. The standard InChI is InChI=1S/C15H16O3/c1-9-4-3-5-11-7-13(18-15(11)16)14-10(2)8-17-12(14)6-9/h4,7-8,13H,3,5-6H2,1-2H3/b9-4+/t13-/m1/s1. The summed E-state index contributed by atoms with van der Waals surface area (Å²) in [6, 6.07) is 0. The number of ether oxygens (including phenoxy) is 1. The van der Waals surface area contributed by atoms with Gasteiger partial charge in [-0.1, -0.05) is 11.6 Å². The molecule has 2 bridgehead atoms. The number of carbonyl (C=O) groups excluding carboxylic acids is 1. The summed E-state index contributed by atoms with van der Waals surface area (Å²) < 4.78 is 11.1. The average molecular weight is 244 g/mol. The van der Waals surface area contributed by atoms with E-state index in [0.717, 1.165) is 41.7 Å². The topological polar surface area (TPSA) is 39.4 Å². The lowest BCUT2D eigenvalue weighted by atomic mass is 9.98. The Kier molecular flexibility index (Phi) is 2.62. The second kappa shape index (κ2) is 4.16. The van der Waals surface area contributed by atoms with E-state index in [4.69, 9.17) is 9.15 Å². The highest BCUT2D eigenvalue weighted by Gasteiger charge is 2.30. The van der Waals surface area contributed by atoms with E-state index in [1.54, 1.807) is 6.26 Å². The lowest BCUT2D eigenvalue weighted by molar-refractivity contribution is -0.140. The van der Waals surface area contributed by atoms with Crippen molar-refractivity contribution < 1.29 is 13.9 Å². The van der Waals surface area contributed by atoms with Gasteiger partial charge < -0.3 is 9.15 Å². The highest BCUT2D eigenvalue weighted by atomic mass is 16.5. The van der Waals surface area contributed by atoms with E-state index in [1.807, 2.05) is 13.0 Å². The monoisotopic (exact) mass is 244 g/mol. The van der Waals surface area contributed by atoms with E-state index in [0.29, 0.717) is 0 Å². The van der Waals surface area contributed by atoms with Gasteiger partial charge in [0.1, 0.15) is 11.9 Å². The van der Waals surface area contributed by atoms with Gasteiger partial charge in [0.15, 0.2) is 0 Å². The van der Waals surface area contributed by atoms with Crippen LogP contribution in [0.2, 0.25) is 0 Å². The number of esters is 1. The Balaban J connectivity index is 2.10. The van der Waals surface area contributed by atoms with Crippen molar-refractivity contribution in [2.45, 2.75) is 39.2 Å². The van der Waals surface area contributed by atoms with Crippen molar-refractivity contribution in [2.75, 3.05) is 0 Å². The van der Waals surface area contributed by atoms with Crippen LogP contribution in [0.5, 0.6) is 0 Å². The molecular weight excluding hydrogens is 228 g/mol. The number of aryl methyl sites for hydroxylation is 1. The quantitative estimate of drug-likeness (QED) is 0.518. The number of rotatable bonds is 0. The van der Waals surface area contributed by atoms with Gasteiger partial charge in [-0.2, -0.15) is 0 Å². The molecule has 18 heavy (non-hydrogen) atoms. The molecule has 1 aromatic heterocycles. The molecule has 0 unspecified atom stereocenters. The van der Waals surface area contributed by atoms with Gasteiger partial charge >= 0.3 is 5.97 Å². The van der Waals surface area contributed by atoms with Gasteiger partial charge in [-0.15, -0.1) is 0 Å². The van der Waals surface area contributed by atoms with Gasteiger partial charge in [-0.05, 0) is 38.3 Å². The SMILES string of the molecule is C/C1=C\CCC2=C[C@@H](OC2=O)c2c(C)coc2C1.